The molecule has 0 radical (unpaired) electrons. The lowest BCUT2D eigenvalue weighted by Gasteiger charge is -2.27. The van der Waals surface area contributed by atoms with E-state index in [1.807, 2.05) is 26.4 Å². The van der Waals surface area contributed by atoms with E-state index >= 15 is 0 Å². The molecule has 0 spiro atoms. The molecule has 0 bridgehead atoms. The Bertz CT molecular complexity index is 318. The molecular weight excluding hydrogens is 186 g/mol. The van der Waals surface area contributed by atoms with Crippen LogP contribution in [0.1, 0.15) is 46.7 Å². The van der Waals surface area contributed by atoms with Crippen LogP contribution in [0.25, 0.3) is 0 Å². The molecule has 2 N–H and O–H groups in total. The Morgan fingerprint density at radius 3 is 2.40 bits per heavy atom. The predicted molar refractivity (Wildman–Crippen MR) is 63.5 cm³/mol. The first-order valence-corrected chi connectivity index (χ1v) is 5.56. The molecule has 0 unspecified atom stereocenters. The molecule has 0 fully saturated rings. The van der Waals surface area contributed by atoms with Gasteiger partial charge in [0.1, 0.15) is 0 Å². The molecule has 0 saturated heterocycles. The van der Waals surface area contributed by atoms with Gasteiger partial charge >= 0.3 is 0 Å². The van der Waals surface area contributed by atoms with Crippen molar-refractivity contribution in [2.45, 2.75) is 53.1 Å². The zero-order chi connectivity index (χ0) is 11.7. The smallest absolute Gasteiger partial charge is 0.0948 e. The number of imidazole rings is 1. The van der Waals surface area contributed by atoms with Crippen molar-refractivity contribution >= 4 is 0 Å². The summed E-state index contributed by atoms with van der Waals surface area (Å²) in [5, 5.41) is 0. The number of nitrogens with zero attached hydrogens (tertiary/aromatic N) is 2. The second-order valence-corrected chi connectivity index (χ2v) is 5.65. The maximum atomic E-state index is 6.10. The third-order valence-corrected chi connectivity index (χ3v) is 2.93. The van der Waals surface area contributed by atoms with Crippen LogP contribution >= 0.6 is 0 Å². The highest BCUT2D eigenvalue weighted by atomic mass is 15.1. The fourth-order valence-corrected chi connectivity index (χ4v) is 1.56. The quantitative estimate of drug-likeness (QED) is 0.828. The topological polar surface area (TPSA) is 43.8 Å². The summed E-state index contributed by atoms with van der Waals surface area (Å²) in [7, 11) is 0. The summed E-state index contributed by atoms with van der Waals surface area (Å²) in [5.41, 5.74) is 7.18. The molecule has 0 aliphatic carbocycles. The van der Waals surface area contributed by atoms with Crippen LogP contribution in [0.15, 0.2) is 12.5 Å². The van der Waals surface area contributed by atoms with Crippen LogP contribution in [0.3, 0.4) is 0 Å². The molecular formula is C12H23N3. The number of hydrogen-bond acceptors (Lipinski definition) is 2. The Labute approximate surface area is 92.7 Å². The van der Waals surface area contributed by atoms with E-state index in [-0.39, 0.29) is 5.54 Å². The lowest BCUT2D eigenvalue weighted by atomic mass is 9.90. The summed E-state index contributed by atoms with van der Waals surface area (Å²) >= 11 is 0. The maximum absolute atomic E-state index is 6.10. The van der Waals surface area contributed by atoms with Crippen LogP contribution in [0.4, 0.5) is 0 Å². The van der Waals surface area contributed by atoms with E-state index in [1.54, 1.807) is 0 Å². The lowest BCUT2D eigenvalue weighted by Crippen LogP contribution is -2.33. The zero-order valence-electron chi connectivity index (χ0n) is 10.5. The first-order chi connectivity index (χ1) is 6.76. The summed E-state index contributed by atoms with van der Waals surface area (Å²) in [6.07, 6.45) is 4.89. The Kier molecular flexibility index (Phi) is 3.24. The fraction of sp³-hybridized carbons (Fsp3) is 0.750. The molecule has 1 heterocycles. The second-order valence-electron chi connectivity index (χ2n) is 5.65. The van der Waals surface area contributed by atoms with Crippen molar-refractivity contribution in [3.05, 3.63) is 18.2 Å². The van der Waals surface area contributed by atoms with Crippen LogP contribution in [0.2, 0.25) is 0 Å². The molecule has 0 aliphatic heterocycles. The van der Waals surface area contributed by atoms with Gasteiger partial charge in [-0.25, -0.2) is 4.98 Å². The highest BCUT2D eigenvalue weighted by Crippen LogP contribution is 2.25. The third-order valence-electron chi connectivity index (χ3n) is 2.93. The first-order valence-electron chi connectivity index (χ1n) is 5.56. The largest absolute Gasteiger partial charge is 0.332 e. The molecule has 0 atom stereocenters. The maximum Gasteiger partial charge on any atom is 0.0948 e. The molecule has 0 aliphatic rings. The van der Waals surface area contributed by atoms with Gasteiger partial charge in [0.05, 0.1) is 17.6 Å². The molecule has 86 valence electrons. The minimum Gasteiger partial charge on any atom is -0.332 e. The van der Waals surface area contributed by atoms with Crippen LogP contribution in [0.5, 0.6) is 0 Å². The van der Waals surface area contributed by atoms with Crippen molar-refractivity contribution in [2.24, 2.45) is 11.1 Å². The van der Waals surface area contributed by atoms with E-state index in [1.165, 1.54) is 0 Å². The van der Waals surface area contributed by atoms with Crippen molar-refractivity contribution in [3.8, 4) is 0 Å². The highest BCUT2D eigenvalue weighted by Gasteiger charge is 2.23. The van der Waals surface area contributed by atoms with Crippen LogP contribution in [-0.2, 0) is 12.1 Å². The minimum atomic E-state index is -0.319. The number of nitrogens with two attached hydrogens (primary N) is 1. The molecule has 1 rings (SSSR count). The molecule has 15 heavy (non-hydrogen) atoms. The molecule has 3 nitrogen and oxygen atoms in total. The van der Waals surface area contributed by atoms with Crippen molar-refractivity contribution in [2.75, 3.05) is 0 Å². The van der Waals surface area contributed by atoms with E-state index in [9.17, 15) is 0 Å². The lowest BCUT2D eigenvalue weighted by molar-refractivity contribution is 0.284. The average Bonchev–Trinajstić information content (AvgIpc) is 2.50. The van der Waals surface area contributed by atoms with Gasteiger partial charge in [0, 0.05) is 12.7 Å². The Hall–Kier alpha value is -0.830. The van der Waals surface area contributed by atoms with Crippen molar-refractivity contribution in [3.63, 3.8) is 0 Å². The Morgan fingerprint density at radius 1 is 1.33 bits per heavy atom. The van der Waals surface area contributed by atoms with Gasteiger partial charge < -0.3 is 10.3 Å². The van der Waals surface area contributed by atoms with E-state index in [2.05, 4.69) is 30.3 Å². The average molecular weight is 209 g/mol. The molecule has 0 aromatic carbocycles. The summed E-state index contributed by atoms with van der Waals surface area (Å²) in [4.78, 5) is 4.19. The SMILES string of the molecule is CCC(C)(C)Cn1cncc1C(C)(C)N. The standard InChI is InChI=1S/C12H23N3/c1-6-11(2,3)8-15-9-14-7-10(15)12(4,5)13/h7,9H,6,8,13H2,1-5H3. The number of rotatable bonds is 4. The van der Waals surface area contributed by atoms with Gasteiger partial charge in [-0.05, 0) is 25.7 Å². The summed E-state index contributed by atoms with van der Waals surface area (Å²) in [6.45, 7) is 11.7. The predicted octanol–water partition coefficient (Wildman–Crippen LogP) is 2.51. The Balaban J connectivity index is 2.92. The number of aromatic nitrogens is 2. The van der Waals surface area contributed by atoms with Gasteiger partial charge in [-0.15, -0.1) is 0 Å². The van der Waals surface area contributed by atoms with Gasteiger partial charge in [-0.3, -0.25) is 0 Å². The van der Waals surface area contributed by atoms with E-state index in [0.29, 0.717) is 5.41 Å². The Morgan fingerprint density at radius 2 is 1.93 bits per heavy atom. The molecule has 1 aromatic heterocycles. The number of hydrogen-bond donors (Lipinski definition) is 1. The first kappa shape index (κ1) is 12.2. The molecule has 0 saturated carbocycles. The van der Waals surface area contributed by atoms with Crippen LogP contribution in [0, 0.1) is 5.41 Å². The molecule has 3 heteroatoms. The van der Waals surface area contributed by atoms with Crippen molar-refractivity contribution < 1.29 is 0 Å². The van der Waals surface area contributed by atoms with Crippen LogP contribution in [-0.4, -0.2) is 9.55 Å². The van der Waals surface area contributed by atoms with Crippen molar-refractivity contribution in [1.29, 1.82) is 0 Å². The van der Waals surface area contributed by atoms with Crippen LogP contribution < -0.4 is 5.73 Å². The highest BCUT2D eigenvalue weighted by molar-refractivity contribution is 5.10. The zero-order valence-corrected chi connectivity index (χ0v) is 10.5. The van der Waals surface area contributed by atoms with Gasteiger partial charge in [-0.2, -0.15) is 0 Å². The molecule has 0 amide bonds. The summed E-state index contributed by atoms with van der Waals surface area (Å²) < 4.78 is 2.17. The van der Waals surface area contributed by atoms with E-state index in [0.717, 1.165) is 18.7 Å². The van der Waals surface area contributed by atoms with Gasteiger partial charge in [0.15, 0.2) is 0 Å². The van der Waals surface area contributed by atoms with Crippen molar-refractivity contribution in [1.82, 2.24) is 9.55 Å². The van der Waals surface area contributed by atoms with Gasteiger partial charge in [0.25, 0.3) is 0 Å². The fourth-order valence-electron chi connectivity index (χ4n) is 1.56. The van der Waals surface area contributed by atoms with Gasteiger partial charge in [0.2, 0.25) is 0 Å². The summed E-state index contributed by atoms with van der Waals surface area (Å²) in [6, 6.07) is 0. The third kappa shape index (κ3) is 3.06. The second kappa shape index (κ2) is 3.97. The molecule has 1 aromatic rings. The normalized spacial score (nSPS) is 13.2. The monoisotopic (exact) mass is 209 g/mol. The van der Waals surface area contributed by atoms with E-state index < -0.39 is 0 Å². The minimum absolute atomic E-state index is 0.292. The summed E-state index contributed by atoms with van der Waals surface area (Å²) in [5.74, 6) is 0. The van der Waals surface area contributed by atoms with E-state index in [4.69, 9.17) is 5.73 Å². The van der Waals surface area contributed by atoms with Gasteiger partial charge in [-0.1, -0.05) is 20.8 Å².